The topological polar surface area (TPSA) is 82.0 Å². The van der Waals surface area contributed by atoms with E-state index in [1.165, 1.54) is 6.07 Å². The van der Waals surface area contributed by atoms with Crippen LogP contribution in [-0.2, 0) is 4.79 Å². The highest BCUT2D eigenvalue weighted by Crippen LogP contribution is 2.23. The van der Waals surface area contributed by atoms with Crippen LogP contribution in [0.15, 0.2) is 53.6 Å². The number of carbonyl (C=O) groups is 2. The van der Waals surface area contributed by atoms with Crippen molar-refractivity contribution in [2.24, 2.45) is 5.10 Å². The van der Waals surface area contributed by atoms with Crippen molar-refractivity contribution >= 4 is 29.0 Å². The van der Waals surface area contributed by atoms with Gasteiger partial charge in [-0.25, -0.2) is 4.79 Å². The molecule has 1 fully saturated rings. The lowest BCUT2D eigenvalue weighted by molar-refractivity contribution is -0.117. The molecule has 2 aromatic carbocycles. The Morgan fingerprint density at radius 3 is 2.72 bits per heavy atom. The van der Waals surface area contributed by atoms with E-state index < -0.39 is 5.97 Å². The number of carboxylic acid groups (broad SMARTS) is 1. The molecule has 128 valence electrons. The first-order chi connectivity index (χ1) is 12.1. The Bertz CT molecular complexity index is 845. The molecule has 2 aromatic rings. The number of anilines is 2. The summed E-state index contributed by atoms with van der Waals surface area (Å²) >= 11 is 0. The quantitative estimate of drug-likeness (QED) is 0.647. The summed E-state index contributed by atoms with van der Waals surface area (Å²) in [4.78, 5) is 24.9. The Hall–Kier alpha value is -3.15. The number of carboxylic acids is 1. The summed E-state index contributed by atoms with van der Waals surface area (Å²) in [5.41, 5.74) is 5.85. The van der Waals surface area contributed by atoms with Crippen molar-refractivity contribution in [1.82, 2.24) is 0 Å². The van der Waals surface area contributed by atoms with Gasteiger partial charge in [-0.2, -0.15) is 5.10 Å². The van der Waals surface area contributed by atoms with Gasteiger partial charge in [-0.3, -0.25) is 10.2 Å². The molecule has 3 rings (SSSR count). The zero-order valence-electron chi connectivity index (χ0n) is 13.9. The number of benzene rings is 2. The Morgan fingerprint density at radius 1 is 1.20 bits per heavy atom. The molecule has 1 heterocycles. The van der Waals surface area contributed by atoms with Crippen LogP contribution < -0.4 is 10.3 Å². The molecule has 0 atom stereocenters. The Kier molecular flexibility index (Phi) is 4.79. The summed E-state index contributed by atoms with van der Waals surface area (Å²) < 4.78 is 0. The van der Waals surface area contributed by atoms with E-state index in [0.717, 1.165) is 24.2 Å². The average molecular weight is 337 g/mol. The van der Waals surface area contributed by atoms with Gasteiger partial charge in [0.15, 0.2) is 0 Å². The molecule has 6 nitrogen and oxygen atoms in total. The summed E-state index contributed by atoms with van der Waals surface area (Å²) in [5, 5.41) is 13.5. The molecule has 1 saturated heterocycles. The van der Waals surface area contributed by atoms with Gasteiger partial charge in [0.25, 0.3) is 0 Å². The summed E-state index contributed by atoms with van der Waals surface area (Å²) in [7, 11) is 0. The molecular weight excluding hydrogens is 318 g/mol. The molecule has 0 radical (unpaired) electrons. The van der Waals surface area contributed by atoms with Crippen molar-refractivity contribution in [3.05, 3.63) is 59.7 Å². The molecule has 1 aliphatic rings. The third-order valence-corrected chi connectivity index (χ3v) is 4.15. The average Bonchev–Trinajstić information content (AvgIpc) is 3.06. The second-order valence-electron chi connectivity index (χ2n) is 5.86. The smallest absolute Gasteiger partial charge is 0.337 e. The number of rotatable bonds is 5. The van der Waals surface area contributed by atoms with Crippen molar-refractivity contribution < 1.29 is 14.7 Å². The minimum Gasteiger partial charge on any atom is -0.478 e. The number of carbonyl (C=O) groups excluding carboxylic acids is 1. The second kappa shape index (κ2) is 7.17. The molecule has 1 amide bonds. The van der Waals surface area contributed by atoms with Crippen LogP contribution in [0.1, 0.15) is 35.7 Å². The molecule has 0 aromatic heterocycles. The van der Waals surface area contributed by atoms with E-state index in [1.807, 2.05) is 31.2 Å². The predicted octanol–water partition coefficient (Wildman–Crippen LogP) is 3.35. The summed E-state index contributed by atoms with van der Waals surface area (Å²) in [6.07, 6.45) is 1.47. The number of hydrogen-bond donors (Lipinski definition) is 2. The van der Waals surface area contributed by atoms with E-state index in [0.29, 0.717) is 17.8 Å². The highest BCUT2D eigenvalue weighted by atomic mass is 16.4. The molecule has 2 N–H and O–H groups in total. The van der Waals surface area contributed by atoms with E-state index in [9.17, 15) is 14.7 Å². The van der Waals surface area contributed by atoms with Crippen LogP contribution in [0.4, 0.5) is 11.4 Å². The number of hydrogen-bond acceptors (Lipinski definition) is 4. The zero-order chi connectivity index (χ0) is 17.8. The predicted molar refractivity (Wildman–Crippen MR) is 97.3 cm³/mol. The molecule has 25 heavy (non-hydrogen) atoms. The SMILES string of the molecule is C/C(=N\Nc1ccccc1C(=O)O)c1cccc(N2CCCC2=O)c1. The summed E-state index contributed by atoms with van der Waals surface area (Å²) in [6, 6.07) is 14.2. The van der Waals surface area contributed by atoms with Gasteiger partial charge in [0.1, 0.15) is 0 Å². The van der Waals surface area contributed by atoms with Crippen molar-refractivity contribution in [2.75, 3.05) is 16.9 Å². The minimum atomic E-state index is -1.01. The van der Waals surface area contributed by atoms with Crippen molar-refractivity contribution in [3.8, 4) is 0 Å². The number of para-hydroxylation sites is 1. The van der Waals surface area contributed by atoms with Crippen LogP contribution in [0.25, 0.3) is 0 Å². The molecule has 0 saturated carbocycles. The molecule has 0 aliphatic carbocycles. The lowest BCUT2D eigenvalue weighted by Crippen LogP contribution is -2.23. The van der Waals surface area contributed by atoms with Crippen molar-refractivity contribution in [2.45, 2.75) is 19.8 Å². The first-order valence-corrected chi connectivity index (χ1v) is 8.09. The van der Waals surface area contributed by atoms with Crippen LogP contribution >= 0.6 is 0 Å². The van der Waals surface area contributed by atoms with Gasteiger partial charge in [-0.05, 0) is 43.2 Å². The van der Waals surface area contributed by atoms with Gasteiger partial charge < -0.3 is 10.0 Å². The molecule has 6 heteroatoms. The number of nitrogens with zero attached hydrogens (tertiary/aromatic N) is 2. The first kappa shape index (κ1) is 16.7. The highest BCUT2D eigenvalue weighted by Gasteiger charge is 2.21. The molecule has 0 bridgehead atoms. The normalized spacial score (nSPS) is 14.7. The van der Waals surface area contributed by atoms with Crippen molar-refractivity contribution in [1.29, 1.82) is 0 Å². The van der Waals surface area contributed by atoms with Gasteiger partial charge in [0.2, 0.25) is 5.91 Å². The summed E-state index contributed by atoms with van der Waals surface area (Å²) in [5.74, 6) is -0.870. The maximum Gasteiger partial charge on any atom is 0.337 e. The fourth-order valence-electron chi connectivity index (χ4n) is 2.80. The van der Waals surface area contributed by atoms with Crippen LogP contribution in [0.3, 0.4) is 0 Å². The lowest BCUT2D eigenvalue weighted by atomic mass is 10.1. The second-order valence-corrected chi connectivity index (χ2v) is 5.86. The van der Waals surface area contributed by atoms with E-state index in [4.69, 9.17) is 0 Å². The minimum absolute atomic E-state index is 0.139. The fraction of sp³-hybridized carbons (Fsp3) is 0.211. The third-order valence-electron chi connectivity index (χ3n) is 4.15. The van der Waals surface area contributed by atoms with Crippen LogP contribution in [-0.4, -0.2) is 29.2 Å². The van der Waals surface area contributed by atoms with Gasteiger partial charge >= 0.3 is 5.97 Å². The Labute approximate surface area is 145 Å². The molecule has 1 aliphatic heterocycles. The van der Waals surface area contributed by atoms with Gasteiger partial charge in [0.05, 0.1) is 17.0 Å². The zero-order valence-corrected chi connectivity index (χ0v) is 13.9. The maximum atomic E-state index is 11.9. The van der Waals surface area contributed by atoms with E-state index in [1.54, 1.807) is 23.1 Å². The fourth-order valence-corrected chi connectivity index (χ4v) is 2.80. The number of amides is 1. The monoisotopic (exact) mass is 337 g/mol. The molecule has 0 unspecified atom stereocenters. The van der Waals surface area contributed by atoms with E-state index in [2.05, 4.69) is 10.5 Å². The molecule has 0 spiro atoms. The third kappa shape index (κ3) is 3.68. The van der Waals surface area contributed by atoms with E-state index in [-0.39, 0.29) is 11.5 Å². The maximum absolute atomic E-state index is 11.9. The summed E-state index contributed by atoms with van der Waals surface area (Å²) in [6.45, 7) is 2.57. The highest BCUT2D eigenvalue weighted by molar-refractivity contribution is 6.02. The van der Waals surface area contributed by atoms with Gasteiger partial charge in [0, 0.05) is 18.7 Å². The van der Waals surface area contributed by atoms with E-state index >= 15 is 0 Å². The van der Waals surface area contributed by atoms with Crippen LogP contribution in [0, 0.1) is 0 Å². The van der Waals surface area contributed by atoms with Gasteiger partial charge in [-0.15, -0.1) is 0 Å². The standard InChI is InChI=1S/C19H19N3O3/c1-13(20-21-17-9-3-2-8-16(17)19(24)25)14-6-4-7-15(12-14)22-11-5-10-18(22)23/h2-4,6-9,12,21H,5,10-11H2,1H3,(H,24,25)/b20-13+. The Morgan fingerprint density at radius 2 is 2.00 bits per heavy atom. The Balaban J connectivity index is 1.81. The number of nitrogens with one attached hydrogen (secondary N) is 1. The largest absolute Gasteiger partial charge is 0.478 e. The van der Waals surface area contributed by atoms with Crippen LogP contribution in [0.2, 0.25) is 0 Å². The van der Waals surface area contributed by atoms with Crippen molar-refractivity contribution in [3.63, 3.8) is 0 Å². The number of hydrazone groups is 1. The first-order valence-electron chi connectivity index (χ1n) is 8.09. The molecular formula is C19H19N3O3. The number of aromatic carboxylic acids is 1. The van der Waals surface area contributed by atoms with Gasteiger partial charge in [-0.1, -0.05) is 24.3 Å². The lowest BCUT2D eigenvalue weighted by Gasteiger charge is -2.16. The van der Waals surface area contributed by atoms with Crippen LogP contribution in [0.5, 0.6) is 0 Å².